The summed E-state index contributed by atoms with van der Waals surface area (Å²) in [6.45, 7) is 10.1. The normalized spacial score (nSPS) is 15.9. The second-order valence-electron chi connectivity index (χ2n) is 5.54. The fraction of sp³-hybridized carbons (Fsp3) is 0.857. The zero-order valence-electron chi connectivity index (χ0n) is 12.9. The number of ether oxygens (including phenoxy) is 1. The number of aliphatic carboxylic acids is 1. The van der Waals surface area contributed by atoms with Gasteiger partial charge in [0.2, 0.25) is 5.91 Å². The maximum Gasteiger partial charge on any atom is 0.310 e. The topological polar surface area (TPSA) is 66.8 Å². The summed E-state index contributed by atoms with van der Waals surface area (Å²) < 4.78 is 5.05. The average molecular weight is 273 g/mol. The van der Waals surface area contributed by atoms with Crippen LogP contribution >= 0.6 is 0 Å². The predicted octanol–water partition coefficient (Wildman–Crippen LogP) is 2.01. The molecule has 0 heterocycles. The molecule has 2 unspecified atom stereocenters. The molecule has 0 aliphatic heterocycles. The summed E-state index contributed by atoms with van der Waals surface area (Å²) in [6, 6.07) is -0.0484. The standard InChI is InChI=1S/C14H27NO4/c1-7-15(11(4)9-19-6)12(16)8-14(5,10(2)3)13(17)18/h10-11H,7-9H2,1-6H3,(H,17,18). The lowest BCUT2D eigenvalue weighted by atomic mass is 9.76. The highest BCUT2D eigenvalue weighted by Gasteiger charge is 2.40. The zero-order valence-corrected chi connectivity index (χ0v) is 12.9. The lowest BCUT2D eigenvalue weighted by molar-refractivity contribution is -0.156. The SMILES string of the molecule is CCN(C(=O)CC(C)(C(=O)O)C(C)C)C(C)COC. The summed E-state index contributed by atoms with van der Waals surface area (Å²) in [5, 5.41) is 9.35. The minimum absolute atomic E-state index is 0.0158. The smallest absolute Gasteiger partial charge is 0.310 e. The molecular weight excluding hydrogens is 246 g/mol. The summed E-state index contributed by atoms with van der Waals surface area (Å²) in [5.41, 5.74) is -1.03. The largest absolute Gasteiger partial charge is 0.481 e. The van der Waals surface area contributed by atoms with Crippen LogP contribution in [0.3, 0.4) is 0 Å². The summed E-state index contributed by atoms with van der Waals surface area (Å²) in [4.78, 5) is 25.4. The molecule has 2 atom stereocenters. The van der Waals surface area contributed by atoms with E-state index in [2.05, 4.69) is 0 Å². The summed E-state index contributed by atoms with van der Waals surface area (Å²) in [7, 11) is 1.59. The fourth-order valence-corrected chi connectivity index (χ4v) is 2.01. The monoisotopic (exact) mass is 273 g/mol. The minimum Gasteiger partial charge on any atom is -0.481 e. The molecule has 0 rings (SSSR count). The van der Waals surface area contributed by atoms with Gasteiger partial charge in [-0.1, -0.05) is 13.8 Å². The Balaban J connectivity index is 4.94. The molecule has 1 amide bonds. The fourth-order valence-electron chi connectivity index (χ4n) is 2.01. The maximum absolute atomic E-state index is 12.3. The number of rotatable bonds is 8. The van der Waals surface area contributed by atoms with E-state index in [-0.39, 0.29) is 24.3 Å². The molecule has 0 saturated heterocycles. The van der Waals surface area contributed by atoms with Gasteiger partial charge in [-0.3, -0.25) is 9.59 Å². The first-order chi connectivity index (χ1) is 8.70. The van der Waals surface area contributed by atoms with E-state index in [4.69, 9.17) is 4.74 Å². The van der Waals surface area contributed by atoms with Crippen molar-refractivity contribution in [2.75, 3.05) is 20.3 Å². The quantitative estimate of drug-likeness (QED) is 0.734. The molecule has 0 aliphatic carbocycles. The van der Waals surface area contributed by atoms with Gasteiger partial charge in [-0.2, -0.15) is 0 Å². The zero-order chi connectivity index (χ0) is 15.2. The van der Waals surface area contributed by atoms with E-state index in [1.807, 2.05) is 27.7 Å². The van der Waals surface area contributed by atoms with E-state index in [1.54, 1.807) is 18.9 Å². The third-order valence-corrected chi connectivity index (χ3v) is 3.88. The molecule has 19 heavy (non-hydrogen) atoms. The second-order valence-corrected chi connectivity index (χ2v) is 5.54. The van der Waals surface area contributed by atoms with Gasteiger partial charge in [0, 0.05) is 20.1 Å². The van der Waals surface area contributed by atoms with Gasteiger partial charge in [-0.05, 0) is 26.7 Å². The van der Waals surface area contributed by atoms with Crippen molar-refractivity contribution in [2.24, 2.45) is 11.3 Å². The molecule has 5 heteroatoms. The molecule has 5 nitrogen and oxygen atoms in total. The summed E-state index contributed by atoms with van der Waals surface area (Å²) in [5.74, 6) is -1.16. The molecule has 0 aromatic rings. The Morgan fingerprint density at radius 3 is 2.16 bits per heavy atom. The van der Waals surface area contributed by atoms with E-state index in [9.17, 15) is 14.7 Å². The van der Waals surface area contributed by atoms with Crippen LogP contribution in [0.15, 0.2) is 0 Å². The molecule has 0 spiro atoms. The number of nitrogens with zero attached hydrogens (tertiary/aromatic N) is 1. The van der Waals surface area contributed by atoms with Crippen LogP contribution in [0.25, 0.3) is 0 Å². The molecule has 0 saturated carbocycles. The number of carboxylic acids is 1. The third kappa shape index (κ3) is 4.49. The Bertz CT molecular complexity index is 317. The van der Waals surface area contributed by atoms with E-state index < -0.39 is 11.4 Å². The van der Waals surface area contributed by atoms with Crippen molar-refractivity contribution < 1.29 is 19.4 Å². The molecule has 0 radical (unpaired) electrons. The van der Waals surface area contributed by atoms with E-state index in [1.165, 1.54) is 0 Å². The van der Waals surface area contributed by atoms with Crippen molar-refractivity contribution in [2.45, 2.75) is 47.1 Å². The van der Waals surface area contributed by atoms with Crippen molar-refractivity contribution in [1.29, 1.82) is 0 Å². The van der Waals surface area contributed by atoms with Gasteiger partial charge in [-0.15, -0.1) is 0 Å². The number of carbonyl (C=O) groups excluding carboxylic acids is 1. The first-order valence-corrected chi connectivity index (χ1v) is 6.72. The van der Waals surface area contributed by atoms with Crippen LogP contribution in [0, 0.1) is 11.3 Å². The average Bonchev–Trinajstić information content (AvgIpc) is 2.29. The highest BCUT2D eigenvalue weighted by molar-refractivity contribution is 5.85. The Morgan fingerprint density at radius 1 is 1.32 bits per heavy atom. The minimum atomic E-state index is -1.03. The molecule has 0 aliphatic rings. The van der Waals surface area contributed by atoms with Gasteiger partial charge in [-0.25, -0.2) is 0 Å². The number of likely N-dealkylation sites (N-methyl/N-ethyl adjacent to an activating group) is 1. The van der Waals surface area contributed by atoms with Crippen LogP contribution < -0.4 is 0 Å². The lowest BCUT2D eigenvalue weighted by Gasteiger charge is -2.33. The number of hydrogen-bond acceptors (Lipinski definition) is 3. The van der Waals surface area contributed by atoms with Crippen molar-refractivity contribution in [3.8, 4) is 0 Å². The Kier molecular flexibility index (Phi) is 7.05. The molecule has 0 bridgehead atoms. The Labute approximate surface area is 115 Å². The molecular formula is C14H27NO4. The third-order valence-electron chi connectivity index (χ3n) is 3.88. The van der Waals surface area contributed by atoms with Crippen LogP contribution in [0.1, 0.15) is 41.0 Å². The first kappa shape index (κ1) is 17.9. The van der Waals surface area contributed by atoms with Crippen molar-refractivity contribution in [1.82, 2.24) is 4.90 Å². The Hall–Kier alpha value is -1.10. The van der Waals surface area contributed by atoms with Gasteiger partial charge >= 0.3 is 5.97 Å². The van der Waals surface area contributed by atoms with E-state index >= 15 is 0 Å². The molecule has 0 fully saturated rings. The second kappa shape index (κ2) is 7.48. The molecule has 0 aromatic carbocycles. The molecule has 1 N–H and O–H groups in total. The van der Waals surface area contributed by atoms with Crippen LogP contribution in [-0.4, -0.2) is 48.2 Å². The van der Waals surface area contributed by atoms with Crippen molar-refractivity contribution >= 4 is 11.9 Å². The number of methoxy groups -OCH3 is 1. The highest BCUT2D eigenvalue weighted by atomic mass is 16.5. The lowest BCUT2D eigenvalue weighted by Crippen LogP contribution is -2.45. The first-order valence-electron chi connectivity index (χ1n) is 6.72. The molecule has 112 valence electrons. The van der Waals surface area contributed by atoms with Crippen LogP contribution in [0.4, 0.5) is 0 Å². The van der Waals surface area contributed by atoms with Gasteiger partial charge in [0.1, 0.15) is 0 Å². The highest BCUT2D eigenvalue weighted by Crippen LogP contribution is 2.32. The number of carboxylic acid groups (broad SMARTS) is 1. The number of hydrogen-bond donors (Lipinski definition) is 1. The van der Waals surface area contributed by atoms with Crippen LogP contribution in [0.5, 0.6) is 0 Å². The summed E-state index contributed by atoms with van der Waals surface area (Å²) >= 11 is 0. The number of amides is 1. The van der Waals surface area contributed by atoms with Gasteiger partial charge in [0.25, 0.3) is 0 Å². The van der Waals surface area contributed by atoms with Crippen LogP contribution in [0.2, 0.25) is 0 Å². The van der Waals surface area contributed by atoms with Gasteiger partial charge in [0.05, 0.1) is 18.1 Å². The van der Waals surface area contributed by atoms with Gasteiger partial charge in [0.15, 0.2) is 0 Å². The van der Waals surface area contributed by atoms with Gasteiger partial charge < -0.3 is 14.7 Å². The van der Waals surface area contributed by atoms with E-state index in [0.29, 0.717) is 13.2 Å². The van der Waals surface area contributed by atoms with Crippen molar-refractivity contribution in [3.05, 3.63) is 0 Å². The molecule has 0 aromatic heterocycles. The van der Waals surface area contributed by atoms with E-state index in [0.717, 1.165) is 0 Å². The predicted molar refractivity (Wildman–Crippen MR) is 73.9 cm³/mol. The Morgan fingerprint density at radius 2 is 1.84 bits per heavy atom. The summed E-state index contributed by atoms with van der Waals surface area (Å²) in [6.07, 6.45) is 0.0158. The number of carbonyl (C=O) groups is 2. The van der Waals surface area contributed by atoms with Crippen molar-refractivity contribution in [3.63, 3.8) is 0 Å². The van der Waals surface area contributed by atoms with Crippen LogP contribution in [-0.2, 0) is 14.3 Å². The maximum atomic E-state index is 12.3.